The van der Waals surface area contributed by atoms with Gasteiger partial charge in [-0.2, -0.15) is 4.31 Å². The predicted molar refractivity (Wildman–Crippen MR) is 135 cm³/mol. The lowest BCUT2D eigenvalue weighted by molar-refractivity contribution is -0.128. The Morgan fingerprint density at radius 1 is 1.08 bits per heavy atom. The fraction of sp³-hybridized carbons (Fsp3) is 0.538. The van der Waals surface area contributed by atoms with Crippen LogP contribution >= 0.6 is 0 Å². The standard InChI is InChI=1S/C26H34N4O6S/c31-22-18-30(37(34,35)24-12-4-5-15-27-24)16-6-10-20(22)28-25(32)21(14-13-19-8-2-1-3-9-19)29-26(33)23-11-7-17-36-23/h4-5,7,11-12,15,17,19-21H,1-3,6,8-10,13-14,16,18H2,(H,28,32)(H,29,33)/t20-,21-/m0/s1. The molecule has 2 amide bonds. The zero-order valence-corrected chi connectivity index (χ0v) is 21.6. The molecule has 0 bridgehead atoms. The quantitative estimate of drug-likeness (QED) is 0.508. The molecule has 1 saturated heterocycles. The minimum Gasteiger partial charge on any atom is -0.459 e. The first-order valence-electron chi connectivity index (χ1n) is 12.9. The summed E-state index contributed by atoms with van der Waals surface area (Å²) in [5.41, 5.74) is 0. The molecule has 0 unspecified atom stereocenters. The van der Waals surface area contributed by atoms with E-state index in [2.05, 4.69) is 15.6 Å². The Bertz CT molecular complexity index is 1160. The second-order valence-corrected chi connectivity index (χ2v) is 11.6. The van der Waals surface area contributed by atoms with E-state index in [0.717, 1.165) is 23.6 Å². The van der Waals surface area contributed by atoms with Gasteiger partial charge in [-0.25, -0.2) is 13.4 Å². The summed E-state index contributed by atoms with van der Waals surface area (Å²) in [6, 6.07) is 6.04. The average Bonchev–Trinajstić information content (AvgIpc) is 3.39. The normalized spacial score (nSPS) is 20.6. The number of nitrogens with zero attached hydrogens (tertiary/aromatic N) is 2. The summed E-state index contributed by atoms with van der Waals surface area (Å²) < 4.78 is 32.2. The van der Waals surface area contributed by atoms with Crippen molar-refractivity contribution in [1.82, 2.24) is 19.9 Å². The Morgan fingerprint density at radius 2 is 1.89 bits per heavy atom. The molecule has 3 heterocycles. The number of ketones is 1. The Hall–Kier alpha value is -3.05. The van der Waals surface area contributed by atoms with Gasteiger partial charge in [0.05, 0.1) is 18.8 Å². The van der Waals surface area contributed by atoms with Gasteiger partial charge in [0.2, 0.25) is 5.91 Å². The maximum Gasteiger partial charge on any atom is 0.287 e. The predicted octanol–water partition coefficient (Wildman–Crippen LogP) is 2.67. The molecule has 4 rings (SSSR count). The highest BCUT2D eigenvalue weighted by atomic mass is 32.2. The topological polar surface area (TPSA) is 139 Å². The number of Topliss-reactive ketones (excluding diaryl/α,β-unsaturated/α-hetero) is 1. The Morgan fingerprint density at radius 3 is 2.59 bits per heavy atom. The van der Waals surface area contributed by atoms with Crippen LogP contribution in [-0.2, 0) is 19.6 Å². The van der Waals surface area contributed by atoms with Crippen LogP contribution in [0.3, 0.4) is 0 Å². The Labute approximate surface area is 217 Å². The number of amides is 2. The molecule has 0 spiro atoms. The van der Waals surface area contributed by atoms with Crippen molar-refractivity contribution in [2.24, 2.45) is 5.92 Å². The van der Waals surface area contributed by atoms with Crippen LogP contribution in [-0.4, -0.2) is 60.5 Å². The van der Waals surface area contributed by atoms with Crippen molar-refractivity contribution in [3.05, 3.63) is 48.6 Å². The molecule has 2 aromatic rings. The highest BCUT2D eigenvalue weighted by molar-refractivity contribution is 7.89. The van der Waals surface area contributed by atoms with E-state index >= 15 is 0 Å². The van der Waals surface area contributed by atoms with Crippen molar-refractivity contribution in [3.63, 3.8) is 0 Å². The molecule has 1 aliphatic carbocycles. The first kappa shape index (κ1) is 27.0. The zero-order valence-electron chi connectivity index (χ0n) is 20.8. The average molecular weight is 531 g/mol. The Balaban J connectivity index is 1.41. The lowest BCUT2D eigenvalue weighted by Gasteiger charge is -2.25. The smallest absolute Gasteiger partial charge is 0.287 e. The molecule has 0 radical (unpaired) electrons. The number of nitrogens with one attached hydrogen (secondary N) is 2. The van der Waals surface area contributed by atoms with Crippen LogP contribution in [0.25, 0.3) is 0 Å². The lowest BCUT2D eigenvalue weighted by atomic mass is 9.85. The number of aromatic nitrogens is 1. The molecule has 1 aliphatic heterocycles. The van der Waals surface area contributed by atoms with Gasteiger partial charge < -0.3 is 15.1 Å². The van der Waals surface area contributed by atoms with E-state index in [0.29, 0.717) is 25.2 Å². The molecule has 11 heteroatoms. The first-order chi connectivity index (χ1) is 17.8. The third-order valence-corrected chi connectivity index (χ3v) is 8.90. The maximum atomic E-state index is 13.3. The minimum atomic E-state index is -3.93. The van der Waals surface area contributed by atoms with E-state index in [-0.39, 0.29) is 23.9 Å². The monoisotopic (exact) mass is 530 g/mol. The molecule has 2 aliphatic rings. The molecule has 0 aromatic carbocycles. The van der Waals surface area contributed by atoms with E-state index in [1.54, 1.807) is 18.2 Å². The Kier molecular flexibility index (Phi) is 9.09. The molecule has 1 saturated carbocycles. The molecule has 200 valence electrons. The van der Waals surface area contributed by atoms with Gasteiger partial charge in [-0.05, 0) is 55.9 Å². The number of furan rings is 1. The number of pyridine rings is 1. The second kappa shape index (κ2) is 12.5. The summed E-state index contributed by atoms with van der Waals surface area (Å²) in [5, 5.41) is 5.43. The van der Waals surface area contributed by atoms with Gasteiger partial charge in [0, 0.05) is 12.7 Å². The van der Waals surface area contributed by atoms with Gasteiger partial charge in [-0.3, -0.25) is 14.4 Å². The molecule has 2 aromatic heterocycles. The maximum absolute atomic E-state index is 13.3. The van der Waals surface area contributed by atoms with Crippen LogP contribution in [0.2, 0.25) is 0 Å². The summed E-state index contributed by atoms with van der Waals surface area (Å²) in [7, 11) is -3.93. The molecule has 2 atom stereocenters. The molecular formula is C26H34N4O6S. The fourth-order valence-corrected chi connectivity index (χ4v) is 6.42. The van der Waals surface area contributed by atoms with Crippen molar-refractivity contribution < 1.29 is 27.2 Å². The highest BCUT2D eigenvalue weighted by Gasteiger charge is 2.35. The zero-order chi connectivity index (χ0) is 26.3. The van der Waals surface area contributed by atoms with Crippen molar-refractivity contribution in [1.29, 1.82) is 0 Å². The molecule has 10 nitrogen and oxygen atoms in total. The van der Waals surface area contributed by atoms with Crippen LogP contribution in [0.15, 0.2) is 52.2 Å². The molecule has 2 N–H and O–H groups in total. The van der Waals surface area contributed by atoms with Crippen LogP contribution in [0, 0.1) is 5.92 Å². The third-order valence-electron chi connectivity index (χ3n) is 7.13. The van der Waals surface area contributed by atoms with E-state index < -0.39 is 39.7 Å². The van der Waals surface area contributed by atoms with Crippen molar-refractivity contribution >= 4 is 27.6 Å². The number of carbonyl (C=O) groups is 3. The van der Waals surface area contributed by atoms with E-state index in [9.17, 15) is 22.8 Å². The first-order valence-corrected chi connectivity index (χ1v) is 14.4. The minimum absolute atomic E-state index is 0.108. The number of sulfonamides is 1. The number of carbonyl (C=O) groups excluding carboxylic acids is 3. The largest absolute Gasteiger partial charge is 0.459 e. The highest BCUT2D eigenvalue weighted by Crippen LogP contribution is 2.28. The summed E-state index contributed by atoms with van der Waals surface area (Å²) in [5.74, 6) is -0.719. The van der Waals surface area contributed by atoms with E-state index in [4.69, 9.17) is 4.42 Å². The van der Waals surface area contributed by atoms with Gasteiger partial charge in [-0.15, -0.1) is 0 Å². The fourth-order valence-electron chi connectivity index (χ4n) is 5.04. The van der Waals surface area contributed by atoms with Crippen molar-refractivity contribution in [3.8, 4) is 0 Å². The summed E-state index contributed by atoms with van der Waals surface area (Å²) in [4.78, 5) is 42.9. The summed E-state index contributed by atoms with van der Waals surface area (Å²) in [6.07, 6.45) is 10.5. The number of hydrogen-bond acceptors (Lipinski definition) is 7. The SMILES string of the molecule is O=C(N[C@@H](CCC1CCCCC1)C(=O)N[C@H]1CCCN(S(=O)(=O)c2ccccn2)CC1=O)c1ccco1. The summed E-state index contributed by atoms with van der Waals surface area (Å²) >= 11 is 0. The molecular weight excluding hydrogens is 496 g/mol. The number of rotatable bonds is 9. The van der Waals surface area contributed by atoms with E-state index in [1.165, 1.54) is 43.9 Å². The van der Waals surface area contributed by atoms with Crippen molar-refractivity contribution in [2.75, 3.05) is 13.1 Å². The van der Waals surface area contributed by atoms with Gasteiger partial charge >= 0.3 is 0 Å². The van der Waals surface area contributed by atoms with Crippen LogP contribution in [0.5, 0.6) is 0 Å². The van der Waals surface area contributed by atoms with Crippen molar-refractivity contribution in [2.45, 2.75) is 74.9 Å². The van der Waals surface area contributed by atoms with Crippen LogP contribution in [0.1, 0.15) is 68.3 Å². The van der Waals surface area contributed by atoms with E-state index in [1.807, 2.05) is 0 Å². The molecule has 2 fully saturated rings. The van der Waals surface area contributed by atoms with Gasteiger partial charge in [0.1, 0.15) is 6.04 Å². The van der Waals surface area contributed by atoms with Gasteiger partial charge in [-0.1, -0.05) is 38.2 Å². The second-order valence-electron chi connectivity index (χ2n) is 9.76. The van der Waals surface area contributed by atoms with Gasteiger partial charge in [0.25, 0.3) is 15.9 Å². The number of hydrogen-bond donors (Lipinski definition) is 2. The summed E-state index contributed by atoms with van der Waals surface area (Å²) in [6.45, 7) is -0.202. The van der Waals surface area contributed by atoms with Gasteiger partial charge in [0.15, 0.2) is 16.6 Å². The van der Waals surface area contributed by atoms with Crippen LogP contribution < -0.4 is 10.6 Å². The third kappa shape index (κ3) is 7.04. The van der Waals surface area contributed by atoms with Crippen LogP contribution in [0.4, 0.5) is 0 Å². The lowest BCUT2D eigenvalue weighted by Crippen LogP contribution is -2.52. The molecule has 37 heavy (non-hydrogen) atoms.